The van der Waals surface area contributed by atoms with Crippen LogP contribution in [0.5, 0.6) is 0 Å². The second kappa shape index (κ2) is 13.8. The molecule has 0 heterocycles. The van der Waals surface area contributed by atoms with Gasteiger partial charge in [0.05, 0.1) is 6.42 Å². The zero-order chi connectivity index (χ0) is 20.0. The maximum atomic E-state index is 12.1. The normalized spacial score (nSPS) is 11.6. The summed E-state index contributed by atoms with van der Waals surface area (Å²) < 4.78 is 17.5. The van der Waals surface area contributed by atoms with Crippen LogP contribution in [0.3, 0.4) is 0 Å². The summed E-state index contributed by atoms with van der Waals surface area (Å²) in [6.07, 6.45) is 2.74. The molecule has 0 aliphatic rings. The number of carbonyl (C=O) groups excluding carboxylic acids is 1. The molecular formula is C20H35NO5Si. The first kappa shape index (κ1) is 23.8. The number of amides is 1. The Morgan fingerprint density at radius 2 is 1.52 bits per heavy atom. The molecule has 0 unspecified atom stereocenters. The number of aliphatic hydroxyl groups excluding tert-OH is 1. The number of nitrogens with one attached hydrogen (secondary N) is 1. The average molecular weight is 398 g/mol. The second-order valence-corrected chi connectivity index (χ2v) is 8.99. The van der Waals surface area contributed by atoms with Crippen LogP contribution >= 0.6 is 0 Å². The van der Waals surface area contributed by atoms with Crippen LogP contribution in [-0.4, -0.2) is 52.8 Å². The van der Waals surface area contributed by atoms with Gasteiger partial charge in [-0.25, -0.2) is 0 Å². The van der Waals surface area contributed by atoms with E-state index in [2.05, 4.69) is 5.32 Å². The third kappa shape index (κ3) is 9.48. The maximum Gasteiger partial charge on any atom is 0.500 e. The largest absolute Gasteiger partial charge is 0.500 e. The molecule has 1 aromatic carbocycles. The number of aliphatic hydroxyl groups is 1. The molecule has 0 saturated heterocycles. The van der Waals surface area contributed by atoms with E-state index in [9.17, 15) is 4.79 Å². The van der Waals surface area contributed by atoms with Gasteiger partial charge in [0.2, 0.25) is 5.91 Å². The molecule has 0 spiro atoms. The van der Waals surface area contributed by atoms with E-state index in [1.54, 1.807) is 0 Å². The Kier molecular flexibility index (Phi) is 12.2. The highest BCUT2D eigenvalue weighted by Gasteiger charge is 2.39. The highest BCUT2D eigenvalue weighted by molar-refractivity contribution is 6.60. The molecule has 0 aliphatic heterocycles. The summed E-state index contributed by atoms with van der Waals surface area (Å²) in [5.74, 6) is 0.00889. The fourth-order valence-corrected chi connectivity index (χ4v) is 5.50. The minimum atomic E-state index is -2.63. The van der Waals surface area contributed by atoms with E-state index in [0.29, 0.717) is 38.8 Å². The lowest BCUT2D eigenvalue weighted by Gasteiger charge is -2.28. The monoisotopic (exact) mass is 397 g/mol. The van der Waals surface area contributed by atoms with Gasteiger partial charge in [0.1, 0.15) is 0 Å². The van der Waals surface area contributed by atoms with E-state index >= 15 is 0 Å². The van der Waals surface area contributed by atoms with E-state index in [0.717, 1.165) is 24.8 Å². The number of rotatable bonds is 15. The molecule has 1 rings (SSSR count). The highest BCUT2D eigenvalue weighted by atomic mass is 28.4. The molecule has 0 radical (unpaired) electrons. The minimum absolute atomic E-state index is 0.00889. The third-order valence-electron chi connectivity index (χ3n) is 4.09. The Morgan fingerprint density at radius 3 is 2.04 bits per heavy atom. The van der Waals surface area contributed by atoms with Crippen LogP contribution in [0.2, 0.25) is 6.04 Å². The van der Waals surface area contributed by atoms with Gasteiger partial charge >= 0.3 is 8.80 Å². The average Bonchev–Trinajstić information content (AvgIpc) is 2.65. The fourth-order valence-electron chi connectivity index (χ4n) is 2.89. The van der Waals surface area contributed by atoms with E-state index in [-0.39, 0.29) is 12.5 Å². The predicted molar refractivity (Wildman–Crippen MR) is 109 cm³/mol. The van der Waals surface area contributed by atoms with Crippen molar-refractivity contribution in [3.8, 4) is 0 Å². The molecule has 0 bridgehead atoms. The van der Waals surface area contributed by atoms with Crippen LogP contribution in [-0.2, 0) is 30.9 Å². The third-order valence-corrected chi connectivity index (χ3v) is 7.24. The van der Waals surface area contributed by atoms with Gasteiger partial charge in [-0.15, -0.1) is 0 Å². The predicted octanol–water partition coefficient (Wildman–Crippen LogP) is 2.71. The van der Waals surface area contributed by atoms with Crippen molar-refractivity contribution in [2.75, 3.05) is 33.0 Å². The van der Waals surface area contributed by atoms with Crippen molar-refractivity contribution in [3.05, 3.63) is 35.4 Å². The smallest absolute Gasteiger partial charge is 0.396 e. The molecule has 1 amide bonds. The topological polar surface area (TPSA) is 77.0 Å². The zero-order valence-electron chi connectivity index (χ0n) is 17.0. The molecule has 0 fully saturated rings. The number of benzene rings is 1. The van der Waals surface area contributed by atoms with Gasteiger partial charge in [0, 0.05) is 39.0 Å². The molecule has 2 N–H and O–H groups in total. The Hall–Kier alpha value is -1.25. The summed E-state index contributed by atoms with van der Waals surface area (Å²) in [4.78, 5) is 12.1. The lowest BCUT2D eigenvalue weighted by atomic mass is 10.1. The number of carbonyl (C=O) groups is 1. The number of hydrogen-bond donors (Lipinski definition) is 2. The van der Waals surface area contributed by atoms with Crippen molar-refractivity contribution in [2.24, 2.45) is 0 Å². The second-order valence-electron chi connectivity index (χ2n) is 6.26. The highest BCUT2D eigenvalue weighted by Crippen LogP contribution is 2.17. The Labute approximate surface area is 164 Å². The molecule has 27 heavy (non-hydrogen) atoms. The van der Waals surface area contributed by atoms with Gasteiger partial charge in [0.15, 0.2) is 0 Å². The van der Waals surface area contributed by atoms with Crippen molar-refractivity contribution in [2.45, 2.75) is 52.5 Å². The minimum Gasteiger partial charge on any atom is -0.396 e. The molecular weight excluding hydrogens is 362 g/mol. The van der Waals surface area contributed by atoms with Crippen LogP contribution in [0.4, 0.5) is 0 Å². The van der Waals surface area contributed by atoms with Crippen molar-refractivity contribution < 1.29 is 23.2 Å². The van der Waals surface area contributed by atoms with Crippen LogP contribution < -0.4 is 5.32 Å². The Morgan fingerprint density at radius 1 is 0.963 bits per heavy atom. The Balaban J connectivity index is 2.38. The summed E-state index contributed by atoms with van der Waals surface area (Å²) in [6, 6.07) is 8.68. The van der Waals surface area contributed by atoms with Crippen LogP contribution in [0.15, 0.2) is 24.3 Å². The first-order valence-electron chi connectivity index (χ1n) is 9.96. The van der Waals surface area contributed by atoms with Gasteiger partial charge in [-0.05, 0) is 51.2 Å². The van der Waals surface area contributed by atoms with E-state index in [1.807, 2.05) is 45.0 Å². The first-order chi connectivity index (χ1) is 13.1. The quantitative estimate of drug-likeness (QED) is 0.351. The first-order valence-corrected chi connectivity index (χ1v) is 11.9. The number of aryl methyl sites for hydroxylation is 1. The van der Waals surface area contributed by atoms with Crippen molar-refractivity contribution in [3.63, 3.8) is 0 Å². The van der Waals surface area contributed by atoms with E-state index in [1.165, 1.54) is 5.56 Å². The van der Waals surface area contributed by atoms with E-state index in [4.69, 9.17) is 18.4 Å². The Bertz CT molecular complexity index is 507. The van der Waals surface area contributed by atoms with Crippen molar-refractivity contribution >= 4 is 14.7 Å². The molecule has 7 heteroatoms. The molecule has 154 valence electrons. The lowest BCUT2D eigenvalue weighted by Crippen LogP contribution is -2.46. The summed E-state index contributed by atoms with van der Waals surface area (Å²) in [5.41, 5.74) is 2.17. The zero-order valence-corrected chi connectivity index (χ0v) is 18.0. The molecule has 0 aliphatic carbocycles. The SMILES string of the molecule is CCO[Si](CCCNC(=O)Cc1ccc(CCCO)cc1)(OCC)OCC. The molecule has 1 aromatic rings. The number of hydrogen-bond acceptors (Lipinski definition) is 5. The summed E-state index contributed by atoms with van der Waals surface area (Å²) >= 11 is 0. The lowest BCUT2D eigenvalue weighted by molar-refractivity contribution is -0.120. The van der Waals surface area contributed by atoms with Gasteiger partial charge in [0.25, 0.3) is 0 Å². The van der Waals surface area contributed by atoms with Gasteiger partial charge in [-0.3, -0.25) is 4.79 Å². The van der Waals surface area contributed by atoms with Crippen molar-refractivity contribution in [1.82, 2.24) is 5.32 Å². The molecule has 0 atom stereocenters. The van der Waals surface area contributed by atoms with Gasteiger partial charge < -0.3 is 23.7 Å². The molecule has 0 saturated carbocycles. The summed E-state index contributed by atoms with van der Waals surface area (Å²) in [7, 11) is -2.63. The maximum absolute atomic E-state index is 12.1. The fraction of sp³-hybridized carbons (Fsp3) is 0.650. The van der Waals surface area contributed by atoms with Crippen molar-refractivity contribution in [1.29, 1.82) is 0 Å². The van der Waals surface area contributed by atoms with E-state index < -0.39 is 8.80 Å². The molecule has 6 nitrogen and oxygen atoms in total. The molecule has 0 aromatic heterocycles. The van der Waals surface area contributed by atoms with Crippen LogP contribution in [0.1, 0.15) is 44.7 Å². The standard InChI is InChI=1S/C20H35NO5Si/c1-4-24-27(25-5-2,26-6-3)16-8-14-21-20(23)17-19-12-10-18(11-13-19)9-7-15-22/h10-13,22H,4-9,14-17H2,1-3H3,(H,21,23). The van der Waals surface area contributed by atoms with Crippen LogP contribution in [0, 0.1) is 0 Å². The van der Waals surface area contributed by atoms with Gasteiger partial charge in [-0.2, -0.15) is 0 Å². The summed E-state index contributed by atoms with van der Waals surface area (Å²) in [5, 5.41) is 11.8. The van der Waals surface area contributed by atoms with Crippen LogP contribution in [0.25, 0.3) is 0 Å². The van der Waals surface area contributed by atoms with Gasteiger partial charge in [-0.1, -0.05) is 24.3 Å². The summed E-state index contributed by atoms with van der Waals surface area (Å²) in [6.45, 7) is 8.29.